The zero-order valence-electron chi connectivity index (χ0n) is 27.6. The van der Waals surface area contributed by atoms with Crippen LogP contribution in [0.3, 0.4) is 0 Å². The van der Waals surface area contributed by atoms with Crippen LogP contribution in [0.25, 0.3) is 93.8 Å². The van der Waals surface area contributed by atoms with Gasteiger partial charge in [-0.1, -0.05) is 121 Å². The maximum Gasteiger partial charge on any atom is 0.0886 e. The SMILES string of the molecule is c1ccc(-c2c3ccccc3c(-c3ccc(-c4ccc(-c5ccc(-n6c7ccccc7c7ccncc76)cc5)cn4)nc3)c3ccccc23)cc1. The summed E-state index contributed by atoms with van der Waals surface area (Å²) in [5.41, 5.74) is 12.0. The Hall–Kier alpha value is -6.91. The van der Waals surface area contributed by atoms with Gasteiger partial charge in [-0.3, -0.25) is 15.0 Å². The fourth-order valence-electron chi connectivity index (χ4n) is 7.66. The first-order chi connectivity index (χ1) is 25.3. The van der Waals surface area contributed by atoms with E-state index in [-0.39, 0.29) is 0 Å². The fourth-order valence-corrected chi connectivity index (χ4v) is 7.66. The second-order valence-electron chi connectivity index (χ2n) is 12.9. The van der Waals surface area contributed by atoms with Crippen LogP contribution in [0.15, 0.2) is 183 Å². The Labute approximate surface area is 295 Å². The molecule has 0 amide bonds. The molecule has 0 fully saturated rings. The zero-order chi connectivity index (χ0) is 33.7. The van der Waals surface area contributed by atoms with Crippen molar-refractivity contribution >= 4 is 43.4 Å². The molecular weight excluding hydrogens is 621 g/mol. The van der Waals surface area contributed by atoms with Gasteiger partial charge in [0.05, 0.1) is 28.6 Å². The number of hydrogen-bond acceptors (Lipinski definition) is 3. The van der Waals surface area contributed by atoms with Crippen LogP contribution >= 0.6 is 0 Å². The average Bonchev–Trinajstić information content (AvgIpc) is 3.55. The number of nitrogens with zero attached hydrogens (tertiary/aromatic N) is 4. The Morgan fingerprint density at radius 3 is 1.45 bits per heavy atom. The summed E-state index contributed by atoms with van der Waals surface area (Å²) in [7, 11) is 0. The topological polar surface area (TPSA) is 43.6 Å². The molecule has 6 aromatic carbocycles. The molecule has 0 aliphatic heterocycles. The van der Waals surface area contributed by atoms with E-state index in [1.54, 1.807) is 0 Å². The van der Waals surface area contributed by atoms with E-state index in [9.17, 15) is 0 Å². The molecule has 0 spiro atoms. The van der Waals surface area contributed by atoms with E-state index in [4.69, 9.17) is 9.97 Å². The van der Waals surface area contributed by atoms with E-state index in [2.05, 4.69) is 167 Å². The predicted octanol–water partition coefficient (Wildman–Crippen LogP) is 11.9. The molecule has 0 saturated carbocycles. The van der Waals surface area contributed by atoms with Gasteiger partial charge in [-0.05, 0) is 80.2 Å². The molecule has 51 heavy (non-hydrogen) atoms. The van der Waals surface area contributed by atoms with Crippen LogP contribution in [-0.4, -0.2) is 19.5 Å². The summed E-state index contributed by atoms with van der Waals surface area (Å²) < 4.78 is 2.28. The van der Waals surface area contributed by atoms with Crippen molar-refractivity contribution in [3.05, 3.63) is 183 Å². The third kappa shape index (κ3) is 4.80. The minimum absolute atomic E-state index is 0.842. The molecule has 4 heterocycles. The number of hydrogen-bond donors (Lipinski definition) is 0. The van der Waals surface area contributed by atoms with Crippen LogP contribution in [0.1, 0.15) is 0 Å². The second kappa shape index (κ2) is 11.9. The monoisotopic (exact) mass is 650 g/mol. The number of para-hydroxylation sites is 1. The van der Waals surface area contributed by atoms with Gasteiger partial charge >= 0.3 is 0 Å². The Morgan fingerprint density at radius 2 is 0.843 bits per heavy atom. The molecule has 0 radical (unpaired) electrons. The largest absolute Gasteiger partial charge is 0.308 e. The Kier molecular flexibility index (Phi) is 6.78. The van der Waals surface area contributed by atoms with Crippen molar-refractivity contribution in [1.82, 2.24) is 19.5 Å². The zero-order valence-corrected chi connectivity index (χ0v) is 27.6. The van der Waals surface area contributed by atoms with Crippen LogP contribution in [0.5, 0.6) is 0 Å². The highest BCUT2D eigenvalue weighted by molar-refractivity contribution is 6.21. The molecule has 10 rings (SSSR count). The van der Waals surface area contributed by atoms with Crippen molar-refractivity contribution in [1.29, 1.82) is 0 Å². The molecule has 0 aliphatic rings. The minimum atomic E-state index is 0.842. The summed E-state index contributed by atoms with van der Waals surface area (Å²) in [6, 6.07) is 55.8. The van der Waals surface area contributed by atoms with E-state index in [1.165, 1.54) is 54.5 Å². The van der Waals surface area contributed by atoms with Crippen LogP contribution in [0.2, 0.25) is 0 Å². The smallest absolute Gasteiger partial charge is 0.0886 e. The lowest BCUT2D eigenvalue weighted by Gasteiger charge is -2.17. The number of fused-ring (bicyclic) bond motifs is 5. The van der Waals surface area contributed by atoms with Crippen LogP contribution in [0, 0.1) is 0 Å². The molecule has 0 unspecified atom stereocenters. The van der Waals surface area contributed by atoms with Gasteiger partial charge in [-0.15, -0.1) is 0 Å². The maximum absolute atomic E-state index is 4.94. The van der Waals surface area contributed by atoms with Crippen molar-refractivity contribution in [2.45, 2.75) is 0 Å². The van der Waals surface area contributed by atoms with E-state index in [0.717, 1.165) is 39.3 Å². The highest BCUT2D eigenvalue weighted by Crippen LogP contribution is 2.43. The third-order valence-corrected chi connectivity index (χ3v) is 10.0. The number of benzene rings is 6. The fraction of sp³-hybridized carbons (Fsp3) is 0. The summed E-state index contributed by atoms with van der Waals surface area (Å²) >= 11 is 0. The molecule has 4 heteroatoms. The molecule has 4 nitrogen and oxygen atoms in total. The maximum atomic E-state index is 4.94. The summed E-state index contributed by atoms with van der Waals surface area (Å²) in [5.74, 6) is 0. The van der Waals surface area contributed by atoms with Crippen molar-refractivity contribution in [3.63, 3.8) is 0 Å². The molecule has 10 aromatic rings. The lowest BCUT2D eigenvalue weighted by atomic mass is 9.86. The molecule has 0 N–H and O–H groups in total. The Morgan fingerprint density at radius 1 is 0.333 bits per heavy atom. The van der Waals surface area contributed by atoms with Gasteiger partial charge in [0.25, 0.3) is 0 Å². The summed E-state index contributed by atoms with van der Waals surface area (Å²) in [6.45, 7) is 0. The average molecular weight is 651 g/mol. The van der Waals surface area contributed by atoms with E-state index < -0.39 is 0 Å². The van der Waals surface area contributed by atoms with Gasteiger partial charge in [-0.25, -0.2) is 0 Å². The number of aromatic nitrogens is 4. The molecule has 4 aromatic heterocycles. The summed E-state index contributed by atoms with van der Waals surface area (Å²) in [4.78, 5) is 14.2. The first-order valence-corrected chi connectivity index (χ1v) is 17.2. The van der Waals surface area contributed by atoms with Crippen LogP contribution in [0.4, 0.5) is 0 Å². The van der Waals surface area contributed by atoms with Gasteiger partial charge in [-0.2, -0.15) is 0 Å². The van der Waals surface area contributed by atoms with E-state index >= 15 is 0 Å². The Balaban J connectivity index is 0.977. The first kappa shape index (κ1) is 29.0. The number of rotatable bonds is 5. The molecule has 0 bridgehead atoms. The molecule has 0 atom stereocenters. The molecule has 0 aliphatic carbocycles. The van der Waals surface area contributed by atoms with Gasteiger partial charge in [0.15, 0.2) is 0 Å². The minimum Gasteiger partial charge on any atom is -0.308 e. The van der Waals surface area contributed by atoms with Crippen molar-refractivity contribution in [2.24, 2.45) is 0 Å². The molecule has 0 saturated heterocycles. The van der Waals surface area contributed by atoms with Crippen LogP contribution < -0.4 is 0 Å². The van der Waals surface area contributed by atoms with Gasteiger partial charge < -0.3 is 4.57 Å². The Bertz CT molecular complexity index is 2760. The lowest BCUT2D eigenvalue weighted by molar-refractivity contribution is 1.17. The van der Waals surface area contributed by atoms with Crippen LogP contribution in [-0.2, 0) is 0 Å². The van der Waals surface area contributed by atoms with Crippen molar-refractivity contribution in [2.75, 3.05) is 0 Å². The van der Waals surface area contributed by atoms with Gasteiger partial charge in [0.2, 0.25) is 0 Å². The third-order valence-electron chi connectivity index (χ3n) is 10.0. The summed E-state index contributed by atoms with van der Waals surface area (Å²) in [6.07, 6.45) is 7.73. The lowest BCUT2D eigenvalue weighted by Crippen LogP contribution is -1.94. The van der Waals surface area contributed by atoms with Gasteiger partial charge in [0, 0.05) is 46.2 Å². The predicted molar refractivity (Wildman–Crippen MR) is 211 cm³/mol. The normalized spacial score (nSPS) is 11.5. The molecule has 238 valence electrons. The summed E-state index contributed by atoms with van der Waals surface area (Å²) in [5, 5.41) is 7.33. The van der Waals surface area contributed by atoms with Crippen molar-refractivity contribution < 1.29 is 0 Å². The van der Waals surface area contributed by atoms with E-state index in [0.29, 0.717) is 0 Å². The standard InChI is InChI=1S/C47H30N4/c1-2-10-32(11-3-1)46-38-13-4-6-15-40(38)47(41-16-7-5-14-39(41)46)34-21-25-43(50-29-34)42-24-20-33(28-49-42)31-18-22-35(23-19-31)51-44-17-9-8-12-36(44)37-26-27-48-30-45(37)51/h1-30H. The first-order valence-electron chi connectivity index (χ1n) is 17.2. The van der Waals surface area contributed by atoms with Gasteiger partial charge in [0.1, 0.15) is 0 Å². The molecular formula is C47H30N4. The second-order valence-corrected chi connectivity index (χ2v) is 12.9. The highest BCUT2D eigenvalue weighted by Gasteiger charge is 2.17. The number of pyridine rings is 3. The van der Waals surface area contributed by atoms with Crippen molar-refractivity contribution in [3.8, 4) is 50.5 Å². The van der Waals surface area contributed by atoms with E-state index in [1.807, 2.05) is 24.8 Å². The highest BCUT2D eigenvalue weighted by atomic mass is 15.0. The quantitative estimate of drug-likeness (QED) is 0.174.